The van der Waals surface area contributed by atoms with Gasteiger partial charge in [0.25, 0.3) is 5.79 Å². The Bertz CT molecular complexity index is 2520. The van der Waals surface area contributed by atoms with E-state index in [0.717, 1.165) is 58.3 Å². The van der Waals surface area contributed by atoms with Gasteiger partial charge in [-0.3, -0.25) is 9.59 Å². The standard InChI is InChI=1S/C79H144N2O31/c1-4-6-8-10-12-14-16-18-19-20-21-22-23-24-25-26-27-29-31-33-35-37-39-41-58(91)81-50(51(88)40-38-36-34-32-30-28-17-15-13-11-9-7-5-2)48-103-75-66(98)64(96)70(56(46-85)106-75)109-76-67(99)65(97)69(57(47-86)107-76)108-74-59(80-49(3)87)71(62(94)54(44-83)104-74)110-77-68(100)73(63(95)55(45-84)105-77)112-79(78(101)102)42-52(89)60(92)72(111-79)61(93)53(90)43-82/h38,40,50-57,59-77,82-86,88-90,92-100H,4-37,39,41-48H2,1-3H3,(H,80,87)(H,81,91)(H,101,102)/b40-38+/t50-,51+,52?,53+,54?,55?,56?,57?,59?,60+,61+,62-,63-,64+,65+,66?,67?,68?,69-,70+,71+,72?,73-,74-,75+,76-,77-,79-/m0/s1. The number of aliphatic hydroxyl groups excluding tert-OH is 17. The van der Waals surface area contributed by atoms with Crippen LogP contribution in [0.5, 0.6) is 0 Å². The van der Waals surface area contributed by atoms with Crippen molar-refractivity contribution in [2.45, 2.75) is 430 Å². The van der Waals surface area contributed by atoms with Crippen molar-refractivity contribution in [3.05, 3.63) is 12.2 Å². The van der Waals surface area contributed by atoms with E-state index in [1.165, 1.54) is 161 Å². The molecule has 0 saturated carbocycles. The number of unbranched alkanes of at least 4 members (excludes halogenated alkanes) is 33. The van der Waals surface area contributed by atoms with Crippen LogP contribution in [0.3, 0.4) is 0 Å². The van der Waals surface area contributed by atoms with Crippen LogP contribution in [0, 0.1) is 0 Å². The molecule has 33 nitrogen and oxygen atoms in total. The van der Waals surface area contributed by atoms with Gasteiger partial charge in [-0.1, -0.05) is 231 Å². The zero-order chi connectivity index (χ0) is 82.1. The van der Waals surface area contributed by atoms with E-state index in [4.69, 9.17) is 47.4 Å². The molecule has 0 aromatic heterocycles. The number of hydrogen-bond acceptors (Lipinski definition) is 30. The summed E-state index contributed by atoms with van der Waals surface area (Å²) >= 11 is 0. The summed E-state index contributed by atoms with van der Waals surface area (Å²) in [7, 11) is 0. The summed E-state index contributed by atoms with van der Waals surface area (Å²) in [5, 5.41) is 203. The van der Waals surface area contributed by atoms with Gasteiger partial charge in [0, 0.05) is 19.8 Å². The van der Waals surface area contributed by atoms with Crippen molar-refractivity contribution in [2.75, 3.05) is 39.6 Å². The molecule has 20 N–H and O–H groups in total. The number of carbonyl (C=O) groups excluding carboxylic acids is 2. The SMILES string of the molecule is CCCCCCCCCCCCC/C=C/[C@@H](O)[C@H](CO[C@@H]1OC(CO)[C@@H](O[C@@H]2OC(CO)[C@H](O[C@@H]3OC(CO)[C@H](O)[C@H](O[C@@H]4OC(CO)[C@H](O)[C@H](O[C@]5(C(=O)O)CC(O)[C@@H](O)C([C@H](O)[C@H](O)CO)O5)C4O)C3NC(C)=O)[C@H](O)C2O)[C@H](O)C1O)NC(=O)CCCCCCCCCCCCCCCCCCCCCCCCC. The van der Waals surface area contributed by atoms with E-state index in [2.05, 4.69) is 24.5 Å². The van der Waals surface area contributed by atoms with Crippen LogP contribution >= 0.6 is 0 Å². The zero-order valence-corrected chi connectivity index (χ0v) is 66.5. The monoisotopic (exact) mass is 1620 g/mol. The molecule has 656 valence electrons. The maximum absolute atomic E-state index is 13.6. The second kappa shape index (κ2) is 55.0. The molecule has 0 aromatic rings. The normalized spacial score (nSPS) is 33.7. The molecule has 0 aliphatic carbocycles. The Kier molecular flexibility index (Phi) is 48.9. The highest BCUT2D eigenvalue weighted by atomic mass is 16.8. The Morgan fingerprint density at radius 3 is 1.30 bits per heavy atom. The van der Waals surface area contributed by atoms with Gasteiger partial charge in [0.1, 0.15) is 122 Å². The van der Waals surface area contributed by atoms with Crippen molar-refractivity contribution >= 4 is 17.8 Å². The minimum Gasteiger partial charge on any atom is -0.477 e. The Morgan fingerprint density at radius 1 is 0.464 bits per heavy atom. The fourth-order valence-corrected chi connectivity index (χ4v) is 15.3. The van der Waals surface area contributed by atoms with Gasteiger partial charge >= 0.3 is 5.97 Å². The summed E-state index contributed by atoms with van der Waals surface area (Å²) in [6.45, 7) is -0.292. The average Bonchev–Trinajstić information content (AvgIpc) is 0.759. The quantitative estimate of drug-likeness (QED) is 0.0305. The Labute approximate surface area is 661 Å². The second-order valence-corrected chi connectivity index (χ2v) is 31.4. The molecule has 0 bridgehead atoms. The van der Waals surface area contributed by atoms with E-state index in [9.17, 15) is 106 Å². The molecule has 0 aromatic carbocycles. The number of rotatable bonds is 59. The van der Waals surface area contributed by atoms with Crippen molar-refractivity contribution in [2.24, 2.45) is 0 Å². The predicted molar refractivity (Wildman–Crippen MR) is 404 cm³/mol. The van der Waals surface area contributed by atoms with Crippen LogP contribution in [0.1, 0.15) is 258 Å². The first-order chi connectivity index (χ1) is 53.9. The molecule has 10 unspecified atom stereocenters. The molecule has 112 heavy (non-hydrogen) atoms. The molecular weight excluding hydrogens is 1470 g/mol. The number of ether oxygens (including phenoxy) is 10. The lowest BCUT2D eigenvalue weighted by Gasteiger charge is -2.51. The minimum absolute atomic E-state index is 0.181. The summed E-state index contributed by atoms with van der Waals surface area (Å²) < 4.78 is 58.5. The number of nitrogens with one attached hydrogen (secondary N) is 2. The van der Waals surface area contributed by atoms with E-state index in [1.807, 2.05) is 6.08 Å². The number of allylic oxidation sites excluding steroid dienone is 1. The fourth-order valence-electron chi connectivity index (χ4n) is 15.3. The number of carboxylic acids is 1. The van der Waals surface area contributed by atoms with Crippen LogP contribution in [0.25, 0.3) is 0 Å². The largest absolute Gasteiger partial charge is 0.477 e. The Hall–Kier alpha value is -2.93. The number of amides is 2. The molecule has 5 aliphatic rings. The number of carboxylic acid groups (broad SMARTS) is 1. The molecule has 5 aliphatic heterocycles. The second-order valence-electron chi connectivity index (χ2n) is 31.4. The van der Waals surface area contributed by atoms with Gasteiger partial charge in [-0.15, -0.1) is 0 Å². The summed E-state index contributed by atoms with van der Waals surface area (Å²) in [4.78, 5) is 39.5. The van der Waals surface area contributed by atoms with E-state index < -0.39 is 229 Å². The van der Waals surface area contributed by atoms with Gasteiger partial charge in [-0.25, -0.2) is 4.79 Å². The molecule has 33 heteroatoms. The highest BCUT2D eigenvalue weighted by Crippen LogP contribution is 2.40. The summed E-state index contributed by atoms with van der Waals surface area (Å²) in [6.07, 6.45) is -5.53. The van der Waals surface area contributed by atoms with Gasteiger partial charge in [0.05, 0.1) is 57.9 Å². The number of hydrogen-bond donors (Lipinski definition) is 20. The molecule has 5 heterocycles. The maximum atomic E-state index is 13.6. The lowest BCUT2D eigenvalue weighted by Crippen LogP contribution is -2.71. The molecule has 2 amide bonds. The van der Waals surface area contributed by atoms with Crippen molar-refractivity contribution in [1.29, 1.82) is 0 Å². The molecule has 5 saturated heterocycles. The van der Waals surface area contributed by atoms with Crippen LogP contribution < -0.4 is 10.6 Å². The first-order valence-corrected chi connectivity index (χ1v) is 42.1. The minimum atomic E-state index is -3.21. The van der Waals surface area contributed by atoms with Gasteiger partial charge in [-0.2, -0.15) is 0 Å². The Morgan fingerprint density at radius 2 is 0.857 bits per heavy atom. The topological polar surface area (TPSA) is 532 Å². The molecule has 5 rings (SSSR count). The lowest BCUT2D eigenvalue weighted by molar-refractivity contribution is -0.391. The van der Waals surface area contributed by atoms with Crippen molar-refractivity contribution in [1.82, 2.24) is 10.6 Å². The van der Waals surface area contributed by atoms with E-state index >= 15 is 0 Å². The van der Waals surface area contributed by atoms with Gasteiger partial charge in [0.2, 0.25) is 11.8 Å². The van der Waals surface area contributed by atoms with E-state index in [0.29, 0.717) is 12.8 Å². The molecule has 0 spiro atoms. The summed E-state index contributed by atoms with van der Waals surface area (Å²) in [5.41, 5.74) is 0. The molecule has 28 atom stereocenters. The first kappa shape index (κ1) is 99.6. The van der Waals surface area contributed by atoms with E-state index in [1.54, 1.807) is 6.08 Å². The van der Waals surface area contributed by atoms with Crippen LogP contribution in [-0.2, 0) is 61.8 Å². The molecule has 0 radical (unpaired) electrons. The number of carbonyl (C=O) groups is 3. The highest BCUT2D eigenvalue weighted by Gasteiger charge is 2.61. The zero-order valence-electron chi connectivity index (χ0n) is 66.5. The van der Waals surface area contributed by atoms with Crippen molar-refractivity contribution in [3.63, 3.8) is 0 Å². The Balaban J connectivity index is 1.18. The third-order valence-electron chi connectivity index (χ3n) is 22.2. The smallest absolute Gasteiger partial charge is 0.364 e. The summed E-state index contributed by atoms with van der Waals surface area (Å²) in [6, 6.07) is -2.91. The number of aliphatic hydroxyl groups is 17. The third-order valence-corrected chi connectivity index (χ3v) is 22.2. The molecular formula is C79H144N2O31. The number of aliphatic carboxylic acids is 1. The van der Waals surface area contributed by atoms with Crippen LogP contribution in [0.4, 0.5) is 0 Å². The highest BCUT2D eigenvalue weighted by molar-refractivity contribution is 5.76. The fraction of sp³-hybridized carbons (Fsp3) is 0.937. The van der Waals surface area contributed by atoms with Crippen LogP contribution in [-0.4, -0.2) is 321 Å². The van der Waals surface area contributed by atoms with Crippen LogP contribution in [0.15, 0.2) is 12.2 Å². The van der Waals surface area contributed by atoms with Gasteiger partial charge < -0.3 is 150 Å². The van der Waals surface area contributed by atoms with Gasteiger partial charge in [-0.05, 0) is 19.3 Å². The van der Waals surface area contributed by atoms with Crippen molar-refractivity contribution < 1.29 is 154 Å². The lowest BCUT2D eigenvalue weighted by atomic mass is 9.90. The van der Waals surface area contributed by atoms with Crippen LogP contribution in [0.2, 0.25) is 0 Å². The van der Waals surface area contributed by atoms with Crippen molar-refractivity contribution in [3.8, 4) is 0 Å². The maximum Gasteiger partial charge on any atom is 0.364 e. The van der Waals surface area contributed by atoms with E-state index in [-0.39, 0.29) is 12.3 Å². The van der Waals surface area contributed by atoms with Gasteiger partial charge in [0.15, 0.2) is 25.2 Å². The summed E-state index contributed by atoms with van der Waals surface area (Å²) in [5.74, 6) is -6.52. The predicted octanol–water partition coefficient (Wildman–Crippen LogP) is 1.93. The molecule has 5 fully saturated rings. The first-order valence-electron chi connectivity index (χ1n) is 42.1. The average molecular weight is 1620 g/mol. The third kappa shape index (κ3) is 32.3.